The highest BCUT2D eigenvalue weighted by molar-refractivity contribution is 6.30. The predicted molar refractivity (Wildman–Crippen MR) is 66.2 cm³/mol. The normalized spacial score (nSPS) is 11.6. The van der Waals surface area contributed by atoms with E-state index >= 15 is 0 Å². The van der Waals surface area contributed by atoms with Crippen LogP contribution in [0, 0.1) is 6.92 Å². The number of rotatable bonds is 6. The molecule has 0 aliphatic rings. The van der Waals surface area contributed by atoms with E-state index in [0.29, 0.717) is 18.0 Å². The molecule has 0 aliphatic heterocycles. The molecule has 102 valence electrons. The van der Waals surface area contributed by atoms with Crippen LogP contribution < -0.4 is 5.32 Å². The molecule has 0 heterocycles. The first-order valence-corrected chi connectivity index (χ1v) is 5.91. The number of nitrogens with one attached hydrogen (secondary N) is 1. The molecule has 0 saturated heterocycles. The number of alkyl halides is 3. The fourth-order valence-electron chi connectivity index (χ4n) is 1.37. The summed E-state index contributed by atoms with van der Waals surface area (Å²) in [5, 5.41) is 3.73. The summed E-state index contributed by atoms with van der Waals surface area (Å²) < 4.78 is 39.8. The summed E-state index contributed by atoms with van der Waals surface area (Å²) in [6.07, 6.45) is -3.75. The van der Waals surface area contributed by atoms with E-state index in [9.17, 15) is 13.2 Å². The molecule has 0 aromatic heterocycles. The third-order valence-corrected chi connectivity index (χ3v) is 2.48. The highest BCUT2D eigenvalue weighted by Crippen LogP contribution is 2.20. The Hall–Kier alpha value is -0.940. The lowest BCUT2D eigenvalue weighted by Gasteiger charge is -2.11. The number of halogens is 4. The van der Waals surface area contributed by atoms with Gasteiger partial charge in [0.2, 0.25) is 0 Å². The number of benzene rings is 1. The van der Waals surface area contributed by atoms with Crippen LogP contribution in [0.15, 0.2) is 18.2 Å². The zero-order chi connectivity index (χ0) is 13.6. The van der Waals surface area contributed by atoms with Gasteiger partial charge in [-0.25, -0.2) is 0 Å². The van der Waals surface area contributed by atoms with Gasteiger partial charge in [0.05, 0.1) is 0 Å². The van der Waals surface area contributed by atoms with Crippen molar-refractivity contribution in [2.45, 2.75) is 19.5 Å². The van der Waals surface area contributed by atoms with Gasteiger partial charge < -0.3 is 10.1 Å². The van der Waals surface area contributed by atoms with Gasteiger partial charge in [-0.05, 0) is 31.0 Å². The van der Waals surface area contributed by atoms with Gasteiger partial charge in [0.15, 0.2) is 0 Å². The quantitative estimate of drug-likeness (QED) is 0.795. The average molecular weight is 282 g/mol. The molecule has 6 heteroatoms. The van der Waals surface area contributed by atoms with Gasteiger partial charge in [-0.3, -0.25) is 0 Å². The van der Waals surface area contributed by atoms with Crippen molar-refractivity contribution >= 4 is 17.3 Å². The van der Waals surface area contributed by atoms with Crippen molar-refractivity contribution in [3.05, 3.63) is 28.8 Å². The molecule has 0 bridgehead atoms. The molecule has 0 saturated carbocycles. The predicted octanol–water partition coefficient (Wildman–Crippen LogP) is 4.03. The van der Waals surface area contributed by atoms with Gasteiger partial charge in [0.25, 0.3) is 0 Å². The standard InChI is InChI=1S/C12H15ClF3NO/c1-9-3-4-10(13)7-11(9)17-5-2-6-18-8-12(14,15)16/h3-4,7,17H,2,5-6,8H2,1H3. The Bertz CT molecular complexity index is 382. The van der Waals surface area contributed by atoms with Crippen LogP contribution in [0.2, 0.25) is 5.02 Å². The second-order valence-corrected chi connectivity index (χ2v) is 4.34. The topological polar surface area (TPSA) is 21.3 Å². The van der Waals surface area contributed by atoms with Crippen molar-refractivity contribution < 1.29 is 17.9 Å². The molecular weight excluding hydrogens is 267 g/mol. The van der Waals surface area contributed by atoms with E-state index in [1.165, 1.54) is 0 Å². The fraction of sp³-hybridized carbons (Fsp3) is 0.500. The van der Waals surface area contributed by atoms with Crippen LogP contribution in [0.5, 0.6) is 0 Å². The molecule has 1 aromatic carbocycles. The summed E-state index contributed by atoms with van der Waals surface area (Å²) in [5.41, 5.74) is 1.92. The summed E-state index contributed by atoms with van der Waals surface area (Å²) in [7, 11) is 0. The fourth-order valence-corrected chi connectivity index (χ4v) is 1.54. The molecule has 1 N–H and O–H groups in total. The van der Waals surface area contributed by atoms with Crippen molar-refractivity contribution in [2.24, 2.45) is 0 Å². The van der Waals surface area contributed by atoms with Crippen LogP contribution in [-0.2, 0) is 4.74 Å². The maximum atomic E-state index is 11.8. The molecule has 0 unspecified atom stereocenters. The third kappa shape index (κ3) is 6.12. The van der Waals surface area contributed by atoms with Gasteiger partial charge in [0, 0.05) is 23.9 Å². The molecule has 0 fully saturated rings. The van der Waals surface area contributed by atoms with E-state index in [-0.39, 0.29) is 6.61 Å². The van der Waals surface area contributed by atoms with Crippen LogP contribution in [-0.4, -0.2) is 25.9 Å². The largest absolute Gasteiger partial charge is 0.411 e. The molecule has 0 radical (unpaired) electrons. The SMILES string of the molecule is Cc1ccc(Cl)cc1NCCCOCC(F)(F)F. The van der Waals surface area contributed by atoms with Gasteiger partial charge in [0.1, 0.15) is 6.61 Å². The Morgan fingerprint density at radius 3 is 2.72 bits per heavy atom. The summed E-state index contributed by atoms with van der Waals surface area (Å²) in [5.74, 6) is 0. The molecule has 0 amide bonds. The second kappa shape index (κ2) is 6.85. The number of hydrogen-bond acceptors (Lipinski definition) is 2. The van der Waals surface area contributed by atoms with E-state index in [1.54, 1.807) is 12.1 Å². The minimum atomic E-state index is -4.25. The minimum Gasteiger partial charge on any atom is -0.385 e. The molecule has 1 rings (SSSR count). The molecule has 18 heavy (non-hydrogen) atoms. The Morgan fingerprint density at radius 1 is 1.33 bits per heavy atom. The van der Waals surface area contributed by atoms with Crippen molar-refractivity contribution in [2.75, 3.05) is 25.1 Å². The lowest BCUT2D eigenvalue weighted by Crippen LogP contribution is -2.18. The van der Waals surface area contributed by atoms with Crippen molar-refractivity contribution in [1.29, 1.82) is 0 Å². The van der Waals surface area contributed by atoms with E-state index in [4.69, 9.17) is 11.6 Å². The molecular formula is C12H15ClF3NO. The maximum absolute atomic E-state index is 11.8. The number of ether oxygens (including phenoxy) is 1. The zero-order valence-corrected chi connectivity index (χ0v) is 10.7. The number of hydrogen-bond donors (Lipinski definition) is 1. The molecule has 2 nitrogen and oxygen atoms in total. The summed E-state index contributed by atoms with van der Waals surface area (Å²) in [4.78, 5) is 0. The Kier molecular flexibility index (Phi) is 5.75. The second-order valence-electron chi connectivity index (χ2n) is 3.91. The van der Waals surface area contributed by atoms with Gasteiger partial charge >= 0.3 is 6.18 Å². The average Bonchev–Trinajstić information content (AvgIpc) is 2.26. The van der Waals surface area contributed by atoms with E-state index in [2.05, 4.69) is 10.1 Å². The third-order valence-electron chi connectivity index (χ3n) is 2.25. The van der Waals surface area contributed by atoms with E-state index in [0.717, 1.165) is 11.3 Å². The van der Waals surface area contributed by atoms with Crippen LogP contribution in [0.1, 0.15) is 12.0 Å². The van der Waals surface area contributed by atoms with Crippen LogP contribution in [0.25, 0.3) is 0 Å². The van der Waals surface area contributed by atoms with E-state index in [1.807, 2.05) is 13.0 Å². The van der Waals surface area contributed by atoms with Crippen molar-refractivity contribution in [3.63, 3.8) is 0 Å². The van der Waals surface area contributed by atoms with Crippen LogP contribution in [0.3, 0.4) is 0 Å². The smallest absolute Gasteiger partial charge is 0.385 e. The van der Waals surface area contributed by atoms with Crippen LogP contribution in [0.4, 0.5) is 18.9 Å². The highest BCUT2D eigenvalue weighted by atomic mass is 35.5. The van der Waals surface area contributed by atoms with Gasteiger partial charge in [-0.15, -0.1) is 0 Å². The Morgan fingerprint density at radius 2 is 2.06 bits per heavy atom. The van der Waals surface area contributed by atoms with Crippen LogP contribution >= 0.6 is 11.6 Å². The monoisotopic (exact) mass is 281 g/mol. The van der Waals surface area contributed by atoms with Gasteiger partial charge in [-0.2, -0.15) is 13.2 Å². The first-order valence-electron chi connectivity index (χ1n) is 5.53. The van der Waals surface area contributed by atoms with Crippen molar-refractivity contribution in [3.8, 4) is 0 Å². The maximum Gasteiger partial charge on any atom is 0.411 e. The van der Waals surface area contributed by atoms with Gasteiger partial charge in [-0.1, -0.05) is 17.7 Å². The zero-order valence-electron chi connectivity index (χ0n) is 9.98. The first-order chi connectivity index (χ1) is 8.38. The molecule has 1 aromatic rings. The lowest BCUT2D eigenvalue weighted by atomic mass is 10.2. The van der Waals surface area contributed by atoms with Crippen molar-refractivity contribution in [1.82, 2.24) is 0 Å². The molecule has 0 aliphatic carbocycles. The molecule has 0 atom stereocenters. The van der Waals surface area contributed by atoms with E-state index < -0.39 is 12.8 Å². The Balaban J connectivity index is 2.20. The number of anilines is 1. The summed E-state index contributed by atoms with van der Waals surface area (Å²) in [6, 6.07) is 5.45. The molecule has 0 spiro atoms. The summed E-state index contributed by atoms with van der Waals surface area (Å²) in [6.45, 7) is 1.35. The minimum absolute atomic E-state index is 0.0755. The number of aryl methyl sites for hydroxylation is 1. The lowest BCUT2D eigenvalue weighted by molar-refractivity contribution is -0.173. The summed E-state index contributed by atoms with van der Waals surface area (Å²) >= 11 is 5.84. The highest BCUT2D eigenvalue weighted by Gasteiger charge is 2.27. The Labute approximate surface area is 109 Å². The first kappa shape index (κ1) is 15.1.